The summed E-state index contributed by atoms with van der Waals surface area (Å²) in [5.74, 6) is -0.950. The standard InChI is InChI=1S/C15H21NO4S/c1-11(14(17)18)13-5-3-12(4-6-13)9-16-15(2)7-8-21(19,20)10-15/h3-6,11,16H,7-10H2,1-2H3,(H,17,18). The predicted molar refractivity (Wildman–Crippen MR) is 81.0 cm³/mol. The van der Waals surface area contributed by atoms with E-state index in [0.29, 0.717) is 13.0 Å². The molecule has 0 saturated carbocycles. The third kappa shape index (κ3) is 4.04. The van der Waals surface area contributed by atoms with Crippen molar-refractivity contribution in [3.8, 4) is 0 Å². The molecule has 0 bridgehead atoms. The summed E-state index contributed by atoms with van der Waals surface area (Å²) in [6, 6.07) is 7.39. The highest BCUT2D eigenvalue weighted by Gasteiger charge is 2.37. The van der Waals surface area contributed by atoms with E-state index in [4.69, 9.17) is 5.11 Å². The van der Waals surface area contributed by atoms with Crippen LogP contribution in [0.5, 0.6) is 0 Å². The van der Waals surface area contributed by atoms with E-state index in [1.165, 1.54) is 0 Å². The van der Waals surface area contributed by atoms with Crippen molar-refractivity contribution in [2.45, 2.75) is 38.3 Å². The summed E-state index contributed by atoms with van der Waals surface area (Å²) in [7, 11) is -2.91. The van der Waals surface area contributed by atoms with Gasteiger partial charge in [-0.05, 0) is 31.4 Å². The van der Waals surface area contributed by atoms with Gasteiger partial charge in [-0.1, -0.05) is 24.3 Å². The fraction of sp³-hybridized carbons (Fsp3) is 0.533. The van der Waals surface area contributed by atoms with Crippen molar-refractivity contribution in [2.24, 2.45) is 0 Å². The minimum atomic E-state index is -2.91. The molecule has 5 nitrogen and oxygen atoms in total. The third-order valence-electron chi connectivity index (χ3n) is 4.07. The number of sulfone groups is 1. The Hall–Kier alpha value is -1.40. The Morgan fingerprint density at radius 3 is 2.48 bits per heavy atom. The average molecular weight is 311 g/mol. The normalized spacial score (nSPS) is 25.6. The molecule has 2 atom stereocenters. The van der Waals surface area contributed by atoms with E-state index >= 15 is 0 Å². The second-order valence-electron chi connectivity index (χ2n) is 6.06. The summed E-state index contributed by atoms with van der Waals surface area (Å²) in [5.41, 5.74) is 1.41. The molecule has 1 fully saturated rings. The lowest BCUT2D eigenvalue weighted by atomic mass is 9.99. The zero-order valence-electron chi connectivity index (χ0n) is 12.3. The van der Waals surface area contributed by atoms with Gasteiger partial charge in [-0.2, -0.15) is 0 Å². The number of hydrogen-bond donors (Lipinski definition) is 2. The van der Waals surface area contributed by atoms with E-state index in [1.807, 2.05) is 31.2 Å². The highest BCUT2D eigenvalue weighted by molar-refractivity contribution is 7.91. The molecule has 2 rings (SSSR count). The minimum Gasteiger partial charge on any atom is -0.481 e. The van der Waals surface area contributed by atoms with Gasteiger partial charge in [0.15, 0.2) is 9.84 Å². The van der Waals surface area contributed by atoms with Crippen LogP contribution in [-0.4, -0.2) is 36.5 Å². The van der Waals surface area contributed by atoms with Crippen molar-refractivity contribution < 1.29 is 18.3 Å². The first-order valence-corrected chi connectivity index (χ1v) is 8.80. The molecule has 6 heteroatoms. The van der Waals surface area contributed by atoms with Crippen LogP contribution in [0.15, 0.2) is 24.3 Å². The molecule has 2 N–H and O–H groups in total. The Balaban J connectivity index is 1.97. The van der Waals surface area contributed by atoms with E-state index in [2.05, 4.69) is 5.32 Å². The molecule has 1 saturated heterocycles. The molecule has 0 radical (unpaired) electrons. The largest absolute Gasteiger partial charge is 0.481 e. The van der Waals surface area contributed by atoms with Gasteiger partial charge in [0.1, 0.15) is 0 Å². The number of carbonyl (C=O) groups is 1. The van der Waals surface area contributed by atoms with Crippen LogP contribution in [0.3, 0.4) is 0 Å². The van der Waals surface area contributed by atoms with E-state index in [1.54, 1.807) is 6.92 Å². The maximum atomic E-state index is 11.5. The molecular weight excluding hydrogens is 290 g/mol. The third-order valence-corrected chi connectivity index (χ3v) is 5.98. The number of carboxylic acid groups (broad SMARTS) is 1. The van der Waals surface area contributed by atoms with E-state index in [-0.39, 0.29) is 17.0 Å². The zero-order chi connectivity index (χ0) is 15.7. The molecule has 0 aromatic heterocycles. The summed E-state index contributed by atoms with van der Waals surface area (Å²) in [5, 5.41) is 12.3. The molecule has 1 heterocycles. The summed E-state index contributed by atoms with van der Waals surface area (Å²) in [6.45, 7) is 4.16. The molecule has 0 aliphatic carbocycles. The lowest BCUT2D eigenvalue weighted by Gasteiger charge is -2.24. The Morgan fingerprint density at radius 1 is 1.38 bits per heavy atom. The molecule has 0 amide bonds. The van der Waals surface area contributed by atoms with E-state index < -0.39 is 21.7 Å². The van der Waals surface area contributed by atoms with Gasteiger partial charge in [0.2, 0.25) is 0 Å². The summed E-state index contributed by atoms with van der Waals surface area (Å²) in [4.78, 5) is 10.9. The molecule has 116 valence electrons. The van der Waals surface area contributed by atoms with Crippen LogP contribution < -0.4 is 5.32 Å². The molecule has 0 spiro atoms. The molecule has 2 unspecified atom stereocenters. The van der Waals surface area contributed by atoms with Crippen molar-refractivity contribution in [1.29, 1.82) is 0 Å². The van der Waals surface area contributed by atoms with Gasteiger partial charge in [-0.15, -0.1) is 0 Å². The Labute approximate surface area is 125 Å². The molecule has 1 aromatic carbocycles. The molecule has 1 aliphatic rings. The summed E-state index contributed by atoms with van der Waals surface area (Å²) in [6.07, 6.45) is 0.628. The molecule has 1 aliphatic heterocycles. The highest BCUT2D eigenvalue weighted by atomic mass is 32.2. The van der Waals surface area contributed by atoms with E-state index in [0.717, 1.165) is 11.1 Å². The summed E-state index contributed by atoms with van der Waals surface area (Å²) >= 11 is 0. The minimum absolute atomic E-state index is 0.175. The Bertz CT molecular complexity index is 624. The van der Waals surface area contributed by atoms with E-state index in [9.17, 15) is 13.2 Å². The smallest absolute Gasteiger partial charge is 0.310 e. The second-order valence-corrected chi connectivity index (χ2v) is 8.24. The van der Waals surface area contributed by atoms with Crippen molar-refractivity contribution in [3.63, 3.8) is 0 Å². The van der Waals surface area contributed by atoms with Gasteiger partial charge in [0.25, 0.3) is 0 Å². The quantitative estimate of drug-likeness (QED) is 0.862. The van der Waals surface area contributed by atoms with Gasteiger partial charge in [-0.3, -0.25) is 4.79 Å². The van der Waals surface area contributed by atoms with Gasteiger partial charge >= 0.3 is 5.97 Å². The maximum absolute atomic E-state index is 11.5. The van der Waals surface area contributed by atoms with Crippen molar-refractivity contribution in [1.82, 2.24) is 5.32 Å². The highest BCUT2D eigenvalue weighted by Crippen LogP contribution is 2.23. The maximum Gasteiger partial charge on any atom is 0.310 e. The van der Waals surface area contributed by atoms with Crippen molar-refractivity contribution >= 4 is 15.8 Å². The number of rotatable bonds is 5. The zero-order valence-corrected chi connectivity index (χ0v) is 13.1. The fourth-order valence-corrected chi connectivity index (χ4v) is 4.66. The first-order chi connectivity index (χ1) is 9.71. The first-order valence-electron chi connectivity index (χ1n) is 6.98. The van der Waals surface area contributed by atoms with Gasteiger partial charge in [-0.25, -0.2) is 8.42 Å². The van der Waals surface area contributed by atoms with Crippen LogP contribution in [0.2, 0.25) is 0 Å². The lowest BCUT2D eigenvalue weighted by molar-refractivity contribution is -0.138. The number of nitrogens with one attached hydrogen (secondary N) is 1. The van der Waals surface area contributed by atoms with Crippen LogP contribution in [0.4, 0.5) is 0 Å². The number of carboxylic acids is 1. The topological polar surface area (TPSA) is 83.5 Å². The number of hydrogen-bond acceptors (Lipinski definition) is 4. The van der Waals surface area contributed by atoms with Crippen LogP contribution in [-0.2, 0) is 21.2 Å². The van der Waals surface area contributed by atoms with Crippen LogP contribution in [0.1, 0.15) is 37.3 Å². The van der Waals surface area contributed by atoms with Crippen LogP contribution in [0, 0.1) is 0 Å². The van der Waals surface area contributed by atoms with Crippen molar-refractivity contribution in [2.75, 3.05) is 11.5 Å². The molecule has 21 heavy (non-hydrogen) atoms. The van der Waals surface area contributed by atoms with Crippen LogP contribution >= 0.6 is 0 Å². The Kier molecular flexibility index (Phi) is 4.39. The van der Waals surface area contributed by atoms with Crippen LogP contribution in [0.25, 0.3) is 0 Å². The summed E-state index contributed by atoms with van der Waals surface area (Å²) < 4.78 is 23.1. The number of benzene rings is 1. The lowest BCUT2D eigenvalue weighted by Crippen LogP contribution is -2.42. The van der Waals surface area contributed by atoms with Gasteiger partial charge in [0, 0.05) is 12.1 Å². The van der Waals surface area contributed by atoms with Gasteiger partial charge in [0.05, 0.1) is 17.4 Å². The second kappa shape index (κ2) is 5.77. The van der Waals surface area contributed by atoms with Gasteiger partial charge < -0.3 is 10.4 Å². The first kappa shape index (κ1) is 16.0. The van der Waals surface area contributed by atoms with Crippen molar-refractivity contribution in [3.05, 3.63) is 35.4 Å². The predicted octanol–water partition coefficient (Wildman–Crippen LogP) is 1.54. The fourth-order valence-electron chi connectivity index (χ4n) is 2.53. The average Bonchev–Trinajstić information content (AvgIpc) is 2.71. The molecule has 1 aromatic rings. The molecular formula is C15H21NO4S. The monoisotopic (exact) mass is 311 g/mol. The Morgan fingerprint density at radius 2 is 2.00 bits per heavy atom. The SMILES string of the molecule is CC(C(=O)O)c1ccc(CNC2(C)CCS(=O)(=O)C2)cc1. The number of aliphatic carboxylic acids is 1.